The van der Waals surface area contributed by atoms with E-state index >= 15 is 0 Å². The van der Waals surface area contributed by atoms with Crippen LogP contribution in [0.1, 0.15) is 43.7 Å². The van der Waals surface area contributed by atoms with Gasteiger partial charge in [0, 0.05) is 13.0 Å². The molecule has 0 bridgehead atoms. The zero-order valence-corrected chi connectivity index (χ0v) is 16.6. The van der Waals surface area contributed by atoms with E-state index in [9.17, 15) is 4.79 Å². The number of hydrogen-bond donors (Lipinski definition) is 0. The number of aryl methyl sites for hydroxylation is 1. The van der Waals surface area contributed by atoms with Gasteiger partial charge in [-0.2, -0.15) is 0 Å². The number of hydrogen-bond acceptors (Lipinski definition) is 3. The lowest BCUT2D eigenvalue weighted by molar-refractivity contribution is -0.889. The zero-order valence-electron chi connectivity index (χ0n) is 16.6. The minimum atomic E-state index is -0.130. The molecule has 0 saturated heterocycles. The van der Waals surface area contributed by atoms with Crippen molar-refractivity contribution in [2.75, 3.05) is 47.8 Å². The number of esters is 1. The number of nitrogens with zero attached hydrogens (tertiary/aromatic N) is 2. The Labute approximate surface area is 148 Å². The van der Waals surface area contributed by atoms with Crippen molar-refractivity contribution in [3.63, 3.8) is 0 Å². The van der Waals surface area contributed by atoms with Crippen molar-refractivity contribution in [2.24, 2.45) is 0 Å². The number of benzene rings is 1. The van der Waals surface area contributed by atoms with E-state index in [0.717, 1.165) is 47.4 Å². The van der Waals surface area contributed by atoms with Gasteiger partial charge in [0.1, 0.15) is 5.75 Å². The topological polar surface area (TPSA) is 29.5 Å². The van der Waals surface area contributed by atoms with E-state index in [2.05, 4.69) is 59.1 Å². The highest BCUT2D eigenvalue weighted by molar-refractivity contribution is 5.72. The van der Waals surface area contributed by atoms with Crippen LogP contribution >= 0.6 is 0 Å². The second-order valence-corrected chi connectivity index (χ2v) is 7.96. The molecule has 4 nitrogen and oxygen atoms in total. The zero-order chi connectivity index (χ0) is 18.3. The van der Waals surface area contributed by atoms with E-state index in [-0.39, 0.29) is 5.97 Å². The highest BCUT2D eigenvalue weighted by Gasteiger charge is 2.17. The van der Waals surface area contributed by atoms with E-state index < -0.39 is 0 Å². The normalized spacial score (nSPS) is 12.0. The highest BCUT2D eigenvalue weighted by Crippen LogP contribution is 2.27. The summed E-state index contributed by atoms with van der Waals surface area (Å²) >= 11 is 0. The summed E-state index contributed by atoms with van der Waals surface area (Å²) < 4.78 is 6.57. The maximum atomic E-state index is 12.2. The molecule has 0 unspecified atom stereocenters. The van der Waals surface area contributed by atoms with Crippen LogP contribution in [-0.2, 0) is 4.79 Å². The molecule has 1 rings (SSSR count). The Morgan fingerprint density at radius 3 is 2.46 bits per heavy atom. The minimum Gasteiger partial charge on any atom is -0.426 e. The molecule has 0 aromatic heterocycles. The number of likely N-dealkylation sites (N-methyl/N-ethyl adjacent to an activating group) is 2. The number of carbonyl (C=O) groups is 1. The van der Waals surface area contributed by atoms with Crippen LogP contribution in [0.25, 0.3) is 0 Å². The van der Waals surface area contributed by atoms with Crippen LogP contribution in [0.5, 0.6) is 5.75 Å². The van der Waals surface area contributed by atoms with Gasteiger partial charge in [0.05, 0.1) is 33.6 Å². The Bertz CT molecular complexity index is 536. The first-order chi connectivity index (χ1) is 11.1. The van der Waals surface area contributed by atoms with Crippen LogP contribution in [0.4, 0.5) is 0 Å². The molecule has 0 amide bonds. The summed E-state index contributed by atoms with van der Waals surface area (Å²) in [5.41, 5.74) is 2.21. The standard InChI is InChI=1S/C20H35N2O2/c1-16(2)18-11-10-17(3)15-19(18)24-20(23)9-8-13-22(6,7)14-12-21(4)5/h10-11,15-16H,8-9,12-14H2,1-7H3/q+1. The largest absolute Gasteiger partial charge is 0.426 e. The van der Waals surface area contributed by atoms with Crippen molar-refractivity contribution in [2.45, 2.75) is 39.5 Å². The molecule has 0 aliphatic carbocycles. The predicted octanol–water partition coefficient (Wildman–Crippen LogP) is 3.44. The molecule has 0 atom stereocenters. The molecule has 0 aliphatic heterocycles. The van der Waals surface area contributed by atoms with Crippen molar-refractivity contribution in [3.05, 3.63) is 29.3 Å². The Balaban J connectivity index is 2.51. The fraction of sp³-hybridized carbons (Fsp3) is 0.650. The maximum Gasteiger partial charge on any atom is 0.311 e. The van der Waals surface area contributed by atoms with Crippen LogP contribution in [0.15, 0.2) is 18.2 Å². The van der Waals surface area contributed by atoms with E-state index in [4.69, 9.17) is 4.74 Å². The molecule has 0 heterocycles. The van der Waals surface area contributed by atoms with Gasteiger partial charge in [-0.25, -0.2) is 0 Å². The average Bonchev–Trinajstić information content (AvgIpc) is 2.44. The molecule has 24 heavy (non-hydrogen) atoms. The number of quaternary nitrogens is 1. The Morgan fingerprint density at radius 1 is 1.21 bits per heavy atom. The number of ether oxygens (including phenoxy) is 1. The predicted molar refractivity (Wildman–Crippen MR) is 101 cm³/mol. The van der Waals surface area contributed by atoms with Gasteiger partial charge in [-0.05, 0) is 44.1 Å². The van der Waals surface area contributed by atoms with Gasteiger partial charge < -0.3 is 14.1 Å². The summed E-state index contributed by atoms with van der Waals surface area (Å²) in [5.74, 6) is 0.932. The fourth-order valence-corrected chi connectivity index (χ4v) is 2.61. The van der Waals surface area contributed by atoms with Crippen molar-refractivity contribution >= 4 is 5.97 Å². The summed E-state index contributed by atoms with van der Waals surface area (Å²) in [6.45, 7) is 9.37. The summed E-state index contributed by atoms with van der Waals surface area (Å²) in [4.78, 5) is 14.4. The number of carbonyl (C=O) groups excluding carboxylic acids is 1. The first-order valence-corrected chi connectivity index (χ1v) is 8.88. The van der Waals surface area contributed by atoms with E-state index in [0.29, 0.717) is 12.3 Å². The summed E-state index contributed by atoms with van der Waals surface area (Å²) in [6, 6.07) is 6.09. The molecule has 0 fully saturated rings. The molecule has 0 N–H and O–H groups in total. The quantitative estimate of drug-likeness (QED) is 0.393. The van der Waals surface area contributed by atoms with Crippen LogP contribution in [0.2, 0.25) is 0 Å². The molecule has 1 aromatic carbocycles. The van der Waals surface area contributed by atoms with Crippen LogP contribution in [0.3, 0.4) is 0 Å². The molecule has 0 radical (unpaired) electrons. The molecular weight excluding hydrogens is 300 g/mol. The first-order valence-electron chi connectivity index (χ1n) is 8.88. The Morgan fingerprint density at radius 2 is 1.88 bits per heavy atom. The summed E-state index contributed by atoms with van der Waals surface area (Å²) in [7, 11) is 8.61. The van der Waals surface area contributed by atoms with E-state index in [1.807, 2.05) is 13.0 Å². The van der Waals surface area contributed by atoms with Crippen molar-refractivity contribution in [1.82, 2.24) is 4.90 Å². The van der Waals surface area contributed by atoms with Gasteiger partial charge >= 0.3 is 5.97 Å². The van der Waals surface area contributed by atoms with Crippen molar-refractivity contribution in [3.8, 4) is 5.75 Å². The van der Waals surface area contributed by atoms with Gasteiger partial charge in [0.2, 0.25) is 0 Å². The molecule has 1 aromatic rings. The van der Waals surface area contributed by atoms with E-state index in [1.54, 1.807) is 0 Å². The van der Waals surface area contributed by atoms with Gasteiger partial charge in [0.25, 0.3) is 0 Å². The van der Waals surface area contributed by atoms with Gasteiger partial charge in [-0.1, -0.05) is 26.0 Å². The molecule has 0 spiro atoms. The van der Waals surface area contributed by atoms with Crippen molar-refractivity contribution < 1.29 is 14.0 Å². The third-order valence-electron chi connectivity index (χ3n) is 4.31. The maximum absolute atomic E-state index is 12.2. The highest BCUT2D eigenvalue weighted by atomic mass is 16.5. The second-order valence-electron chi connectivity index (χ2n) is 7.96. The Hall–Kier alpha value is -1.39. The molecule has 0 saturated carbocycles. The third-order valence-corrected chi connectivity index (χ3v) is 4.31. The third kappa shape index (κ3) is 7.45. The lowest BCUT2D eigenvalue weighted by Crippen LogP contribution is -2.45. The van der Waals surface area contributed by atoms with Crippen LogP contribution in [-0.4, -0.2) is 63.2 Å². The second kappa shape index (κ2) is 9.19. The Kier molecular flexibility index (Phi) is 7.91. The summed E-state index contributed by atoms with van der Waals surface area (Å²) in [5, 5.41) is 0. The smallest absolute Gasteiger partial charge is 0.311 e. The lowest BCUT2D eigenvalue weighted by atomic mass is 10.0. The minimum absolute atomic E-state index is 0.130. The van der Waals surface area contributed by atoms with Gasteiger partial charge in [-0.3, -0.25) is 4.79 Å². The van der Waals surface area contributed by atoms with Crippen LogP contribution < -0.4 is 4.74 Å². The molecular formula is C20H35N2O2+. The monoisotopic (exact) mass is 335 g/mol. The lowest BCUT2D eigenvalue weighted by Gasteiger charge is -2.30. The van der Waals surface area contributed by atoms with Gasteiger partial charge in [0.15, 0.2) is 0 Å². The summed E-state index contributed by atoms with van der Waals surface area (Å²) in [6.07, 6.45) is 1.32. The van der Waals surface area contributed by atoms with Gasteiger partial charge in [-0.15, -0.1) is 0 Å². The molecule has 136 valence electrons. The van der Waals surface area contributed by atoms with Crippen molar-refractivity contribution in [1.29, 1.82) is 0 Å². The molecule has 4 heteroatoms. The first kappa shape index (κ1) is 20.7. The van der Waals surface area contributed by atoms with Crippen LogP contribution in [0, 0.1) is 6.92 Å². The fourth-order valence-electron chi connectivity index (χ4n) is 2.61. The number of rotatable bonds is 9. The SMILES string of the molecule is Cc1ccc(C(C)C)c(OC(=O)CCC[N+](C)(C)CCN(C)C)c1. The molecule has 0 aliphatic rings. The average molecular weight is 336 g/mol. The van der Waals surface area contributed by atoms with E-state index in [1.165, 1.54) is 0 Å².